The van der Waals surface area contributed by atoms with Crippen LogP contribution in [0.5, 0.6) is 0 Å². The molecule has 1 unspecified atom stereocenters. The lowest BCUT2D eigenvalue weighted by Gasteiger charge is -2.23. The number of carbonyl (C=O) groups is 2. The first-order chi connectivity index (χ1) is 27.8. The van der Waals surface area contributed by atoms with Gasteiger partial charge < -0.3 is 14.8 Å². The Morgan fingerprint density at radius 2 is 0.877 bits per heavy atom. The Kier molecular flexibility index (Phi) is 42.1. The van der Waals surface area contributed by atoms with Crippen LogP contribution in [0.2, 0.25) is 0 Å². The topological polar surface area (TPSA) is 67.9 Å². The summed E-state index contributed by atoms with van der Waals surface area (Å²) in [5.41, 5.74) is 0. The van der Waals surface area contributed by atoms with Crippen molar-refractivity contribution < 1.29 is 19.1 Å². The largest absolute Gasteiger partial charge is 0.466 e. The van der Waals surface area contributed by atoms with Gasteiger partial charge in [-0.15, -0.1) is 0 Å². The van der Waals surface area contributed by atoms with Crippen LogP contribution in [0.3, 0.4) is 0 Å². The average molecular weight is 807 g/mol. The molecule has 1 amide bonds. The van der Waals surface area contributed by atoms with Crippen molar-refractivity contribution in [3.63, 3.8) is 0 Å². The number of unbranched alkanes of at least 4 members (excludes halogenated alkanes) is 20. The number of esters is 1. The third-order valence-electron chi connectivity index (χ3n) is 12.4. The molecule has 0 aromatic carbocycles. The summed E-state index contributed by atoms with van der Waals surface area (Å²) in [6.07, 6.45) is 41.9. The SMILES string of the molecule is CCCCCC(CCCCC)CCOCCCCCCCCCC(CCCCCCCCCOC(=O)CC(CCCCC)CCCCC)NC(=O)CN(C)C(C)C. The summed E-state index contributed by atoms with van der Waals surface area (Å²) in [4.78, 5) is 27.5. The van der Waals surface area contributed by atoms with Crippen LogP contribution in [0.25, 0.3) is 0 Å². The van der Waals surface area contributed by atoms with Crippen LogP contribution in [0.4, 0.5) is 0 Å². The van der Waals surface area contributed by atoms with Crippen molar-refractivity contribution in [3.05, 3.63) is 0 Å². The third-order valence-corrected chi connectivity index (χ3v) is 12.4. The highest BCUT2D eigenvalue weighted by Crippen LogP contribution is 2.23. The summed E-state index contributed by atoms with van der Waals surface area (Å²) in [6, 6.07) is 0.662. The monoisotopic (exact) mass is 807 g/mol. The minimum Gasteiger partial charge on any atom is -0.466 e. The summed E-state index contributed by atoms with van der Waals surface area (Å²) in [6.45, 7) is 16.3. The number of likely N-dealkylation sites (N-methyl/N-ethyl adjacent to an activating group) is 1. The Bertz CT molecular complexity index is 831. The zero-order valence-electron chi connectivity index (χ0n) is 39.8. The van der Waals surface area contributed by atoms with Gasteiger partial charge in [0.2, 0.25) is 5.91 Å². The zero-order chi connectivity index (χ0) is 42.0. The average Bonchev–Trinajstić information content (AvgIpc) is 3.18. The first-order valence-electron chi connectivity index (χ1n) is 25.5. The fourth-order valence-electron chi connectivity index (χ4n) is 8.17. The molecule has 0 heterocycles. The Balaban J connectivity index is 4.21. The number of hydrogen-bond acceptors (Lipinski definition) is 5. The van der Waals surface area contributed by atoms with E-state index in [1.165, 1.54) is 186 Å². The van der Waals surface area contributed by atoms with Gasteiger partial charge >= 0.3 is 5.97 Å². The number of ether oxygens (including phenoxy) is 2. The van der Waals surface area contributed by atoms with E-state index in [1.54, 1.807) is 0 Å². The second kappa shape index (κ2) is 43.0. The number of amides is 1. The summed E-state index contributed by atoms with van der Waals surface area (Å²) in [5.74, 6) is 1.56. The summed E-state index contributed by atoms with van der Waals surface area (Å²) in [7, 11) is 2.04. The van der Waals surface area contributed by atoms with Crippen molar-refractivity contribution in [1.82, 2.24) is 10.2 Å². The summed E-state index contributed by atoms with van der Waals surface area (Å²) < 4.78 is 11.7. The molecule has 0 aromatic heterocycles. The van der Waals surface area contributed by atoms with Gasteiger partial charge in [-0.3, -0.25) is 14.5 Å². The Morgan fingerprint density at radius 3 is 1.33 bits per heavy atom. The molecular formula is C51H102N2O4. The predicted molar refractivity (Wildman–Crippen MR) is 248 cm³/mol. The van der Waals surface area contributed by atoms with Gasteiger partial charge in [-0.1, -0.05) is 195 Å². The molecule has 0 saturated carbocycles. The fraction of sp³-hybridized carbons (Fsp3) is 0.961. The molecule has 6 heteroatoms. The Morgan fingerprint density at radius 1 is 0.474 bits per heavy atom. The van der Waals surface area contributed by atoms with E-state index in [9.17, 15) is 9.59 Å². The molecule has 1 N–H and O–H groups in total. The van der Waals surface area contributed by atoms with Crippen molar-refractivity contribution in [3.8, 4) is 0 Å². The number of hydrogen-bond donors (Lipinski definition) is 1. The van der Waals surface area contributed by atoms with Crippen LogP contribution in [0.1, 0.15) is 260 Å². The maximum absolute atomic E-state index is 12.9. The lowest BCUT2D eigenvalue weighted by molar-refractivity contribution is -0.145. The van der Waals surface area contributed by atoms with Gasteiger partial charge in [-0.25, -0.2) is 0 Å². The van der Waals surface area contributed by atoms with Gasteiger partial charge in [0.05, 0.1) is 13.2 Å². The first-order valence-corrected chi connectivity index (χ1v) is 25.5. The molecule has 0 fully saturated rings. The first kappa shape index (κ1) is 55.9. The van der Waals surface area contributed by atoms with Crippen LogP contribution in [-0.2, 0) is 19.1 Å². The van der Waals surface area contributed by atoms with Crippen LogP contribution in [0, 0.1) is 11.8 Å². The van der Waals surface area contributed by atoms with Crippen molar-refractivity contribution in [2.75, 3.05) is 33.4 Å². The molecule has 0 aromatic rings. The molecule has 57 heavy (non-hydrogen) atoms. The molecule has 0 spiro atoms. The number of nitrogens with one attached hydrogen (secondary N) is 1. The highest BCUT2D eigenvalue weighted by atomic mass is 16.5. The molecule has 0 radical (unpaired) electrons. The van der Waals surface area contributed by atoms with Crippen molar-refractivity contribution in [2.45, 2.75) is 272 Å². The molecule has 0 rings (SSSR count). The van der Waals surface area contributed by atoms with Crippen molar-refractivity contribution in [1.29, 1.82) is 0 Å². The van der Waals surface area contributed by atoms with Gasteiger partial charge in [-0.05, 0) is 77.7 Å². The fourth-order valence-corrected chi connectivity index (χ4v) is 8.17. The van der Waals surface area contributed by atoms with E-state index in [0.717, 1.165) is 44.8 Å². The van der Waals surface area contributed by atoms with Crippen molar-refractivity contribution >= 4 is 11.9 Å². The summed E-state index contributed by atoms with van der Waals surface area (Å²) >= 11 is 0. The van der Waals surface area contributed by atoms with E-state index in [1.807, 2.05) is 7.05 Å². The minimum atomic E-state index is 0.0199. The van der Waals surface area contributed by atoms with E-state index in [0.29, 0.717) is 37.6 Å². The second-order valence-electron chi connectivity index (χ2n) is 18.3. The van der Waals surface area contributed by atoms with Crippen LogP contribution >= 0.6 is 0 Å². The van der Waals surface area contributed by atoms with E-state index < -0.39 is 0 Å². The summed E-state index contributed by atoms with van der Waals surface area (Å²) in [5, 5.41) is 3.41. The molecule has 6 nitrogen and oxygen atoms in total. The van der Waals surface area contributed by atoms with E-state index in [-0.39, 0.29) is 11.9 Å². The number of nitrogens with zero attached hydrogens (tertiary/aromatic N) is 1. The Hall–Kier alpha value is -1.14. The van der Waals surface area contributed by atoms with Gasteiger partial charge in [0.15, 0.2) is 0 Å². The highest BCUT2D eigenvalue weighted by Gasteiger charge is 2.16. The Labute approximate surface area is 357 Å². The van der Waals surface area contributed by atoms with Crippen LogP contribution in [-0.4, -0.2) is 62.3 Å². The molecule has 0 aliphatic heterocycles. The maximum Gasteiger partial charge on any atom is 0.306 e. The molecule has 0 saturated heterocycles. The van der Waals surface area contributed by atoms with Gasteiger partial charge in [-0.2, -0.15) is 0 Å². The lowest BCUT2D eigenvalue weighted by atomic mass is 9.92. The molecule has 340 valence electrons. The third kappa shape index (κ3) is 38.8. The van der Waals surface area contributed by atoms with Crippen molar-refractivity contribution in [2.24, 2.45) is 11.8 Å². The molecule has 0 bridgehead atoms. The van der Waals surface area contributed by atoms with Gasteiger partial charge in [0.25, 0.3) is 0 Å². The molecule has 1 atom stereocenters. The van der Waals surface area contributed by atoms with E-state index in [4.69, 9.17) is 9.47 Å². The normalized spacial score (nSPS) is 12.4. The van der Waals surface area contributed by atoms with E-state index >= 15 is 0 Å². The molecular weight excluding hydrogens is 705 g/mol. The zero-order valence-corrected chi connectivity index (χ0v) is 39.8. The van der Waals surface area contributed by atoms with Gasteiger partial charge in [0.1, 0.15) is 0 Å². The second-order valence-corrected chi connectivity index (χ2v) is 18.3. The molecule has 0 aliphatic carbocycles. The number of carbonyl (C=O) groups excluding carboxylic acids is 2. The standard InChI is InChI=1S/C51H102N2O4/c1-8-12-26-34-47(35-27-13-9-2)40-43-56-41-32-24-20-16-18-22-30-38-49(52-50(54)45-53(7)46(5)6)39-31-23-19-17-21-25-33-42-57-51(55)44-48(36-28-14-10-3)37-29-15-11-4/h46-49H,8-45H2,1-7H3,(H,52,54). The number of rotatable bonds is 45. The quantitative estimate of drug-likeness (QED) is 0.0490. The predicted octanol–water partition coefficient (Wildman–Crippen LogP) is 14.9. The maximum atomic E-state index is 12.9. The lowest BCUT2D eigenvalue weighted by Crippen LogP contribution is -2.42. The van der Waals surface area contributed by atoms with Crippen LogP contribution < -0.4 is 5.32 Å². The van der Waals surface area contributed by atoms with Gasteiger partial charge in [0, 0.05) is 31.7 Å². The minimum absolute atomic E-state index is 0.0199. The molecule has 0 aliphatic rings. The van der Waals surface area contributed by atoms with Crippen LogP contribution in [0.15, 0.2) is 0 Å². The highest BCUT2D eigenvalue weighted by molar-refractivity contribution is 5.78. The smallest absolute Gasteiger partial charge is 0.306 e. The van der Waals surface area contributed by atoms with E-state index in [2.05, 4.69) is 51.8 Å².